The Kier molecular flexibility index (Phi) is 7.83. The van der Waals surface area contributed by atoms with Crippen LogP contribution in [0.4, 0.5) is 5.13 Å². The van der Waals surface area contributed by atoms with E-state index in [1.165, 1.54) is 38.8 Å². The van der Waals surface area contributed by atoms with Gasteiger partial charge in [-0.05, 0) is 76.0 Å². The van der Waals surface area contributed by atoms with Crippen LogP contribution in [-0.2, 0) is 4.79 Å². The monoisotopic (exact) mass is 496 g/mol. The highest BCUT2D eigenvalue weighted by Gasteiger charge is 2.26. The van der Waals surface area contributed by atoms with Gasteiger partial charge in [-0.3, -0.25) is 4.79 Å². The molecule has 4 heterocycles. The number of carbonyl (C=O) groups is 1. The number of likely N-dealkylation sites (tertiary alicyclic amines) is 1. The largest absolute Gasteiger partial charge is 0.497 e. The van der Waals surface area contributed by atoms with Crippen molar-refractivity contribution in [1.29, 1.82) is 0 Å². The summed E-state index contributed by atoms with van der Waals surface area (Å²) in [7, 11) is 1.67. The predicted molar refractivity (Wildman–Crippen MR) is 140 cm³/mol. The summed E-state index contributed by atoms with van der Waals surface area (Å²) >= 11 is 1.61. The molecule has 2 aromatic heterocycles. The van der Waals surface area contributed by atoms with Gasteiger partial charge in [0.2, 0.25) is 16.0 Å². The summed E-state index contributed by atoms with van der Waals surface area (Å²) in [6, 6.07) is 7.91. The zero-order valence-electron chi connectivity index (χ0n) is 20.6. The molecule has 1 N–H and O–H groups in total. The third-order valence-corrected chi connectivity index (χ3v) is 8.19. The van der Waals surface area contributed by atoms with E-state index >= 15 is 0 Å². The fourth-order valence-electron chi connectivity index (χ4n) is 5.07. The van der Waals surface area contributed by atoms with Crippen molar-refractivity contribution in [3.8, 4) is 17.0 Å². The van der Waals surface area contributed by atoms with Crippen molar-refractivity contribution in [3.05, 3.63) is 30.5 Å². The van der Waals surface area contributed by atoms with Crippen molar-refractivity contribution in [3.63, 3.8) is 0 Å². The number of benzene rings is 1. The smallest absolute Gasteiger partial charge is 0.223 e. The van der Waals surface area contributed by atoms with Crippen LogP contribution in [0.2, 0.25) is 0 Å². The molecule has 1 aromatic carbocycles. The van der Waals surface area contributed by atoms with Crippen LogP contribution in [0.1, 0.15) is 44.9 Å². The Bertz CT molecular complexity index is 1060. The van der Waals surface area contributed by atoms with Crippen LogP contribution in [0.3, 0.4) is 0 Å². The number of aromatic nitrogens is 3. The highest BCUT2D eigenvalue weighted by molar-refractivity contribution is 7.20. The molecule has 1 amide bonds. The molecule has 0 unspecified atom stereocenters. The highest BCUT2D eigenvalue weighted by Crippen LogP contribution is 2.30. The molecule has 188 valence electrons. The van der Waals surface area contributed by atoms with Crippen LogP contribution >= 0.6 is 11.3 Å². The number of fused-ring (bicyclic) bond motifs is 1. The van der Waals surface area contributed by atoms with Gasteiger partial charge >= 0.3 is 0 Å². The number of amides is 1. The van der Waals surface area contributed by atoms with Gasteiger partial charge in [0.05, 0.1) is 19.0 Å². The third-order valence-electron chi connectivity index (χ3n) is 7.20. The molecule has 0 bridgehead atoms. The van der Waals surface area contributed by atoms with E-state index in [9.17, 15) is 4.79 Å². The van der Waals surface area contributed by atoms with Gasteiger partial charge in [-0.1, -0.05) is 24.2 Å². The van der Waals surface area contributed by atoms with E-state index in [2.05, 4.69) is 15.1 Å². The number of hydrogen-bond acceptors (Lipinski definition) is 7. The van der Waals surface area contributed by atoms with Gasteiger partial charge in [-0.25, -0.2) is 9.50 Å². The summed E-state index contributed by atoms with van der Waals surface area (Å²) in [6.45, 7) is 6.04. The molecule has 2 fully saturated rings. The van der Waals surface area contributed by atoms with E-state index in [4.69, 9.17) is 14.8 Å². The van der Waals surface area contributed by atoms with Crippen molar-refractivity contribution in [1.82, 2.24) is 24.8 Å². The molecule has 9 heteroatoms. The van der Waals surface area contributed by atoms with Crippen molar-refractivity contribution in [2.24, 2.45) is 5.92 Å². The summed E-state index contributed by atoms with van der Waals surface area (Å²) < 4.78 is 7.10. The molecular formula is C26H36N6O2S. The Morgan fingerprint density at radius 2 is 1.83 bits per heavy atom. The van der Waals surface area contributed by atoms with E-state index in [1.54, 1.807) is 18.4 Å². The van der Waals surface area contributed by atoms with E-state index in [1.807, 2.05) is 35.0 Å². The molecule has 5 rings (SSSR count). The van der Waals surface area contributed by atoms with Crippen LogP contribution in [0, 0.1) is 5.92 Å². The lowest BCUT2D eigenvalue weighted by Crippen LogP contribution is -2.41. The van der Waals surface area contributed by atoms with Crippen molar-refractivity contribution >= 4 is 27.3 Å². The molecule has 35 heavy (non-hydrogen) atoms. The Morgan fingerprint density at radius 1 is 1.09 bits per heavy atom. The number of rotatable bonds is 8. The van der Waals surface area contributed by atoms with Crippen LogP contribution in [0.25, 0.3) is 16.2 Å². The predicted octanol–water partition coefficient (Wildman–Crippen LogP) is 4.07. The van der Waals surface area contributed by atoms with E-state index in [-0.39, 0.29) is 11.8 Å². The molecule has 2 aliphatic heterocycles. The van der Waals surface area contributed by atoms with Crippen molar-refractivity contribution in [2.75, 3.05) is 51.3 Å². The number of hydrogen-bond donors (Lipinski definition) is 1. The second kappa shape index (κ2) is 11.4. The van der Waals surface area contributed by atoms with Crippen LogP contribution in [0.15, 0.2) is 30.5 Å². The minimum atomic E-state index is 0.107. The lowest BCUT2D eigenvalue weighted by atomic mass is 9.96. The molecule has 0 aliphatic carbocycles. The molecular weight excluding hydrogens is 460 g/mol. The van der Waals surface area contributed by atoms with Gasteiger partial charge < -0.3 is 19.9 Å². The first-order chi connectivity index (χ1) is 17.2. The number of imidazole rings is 1. The fraction of sp³-hybridized carbons (Fsp3) is 0.577. The number of methoxy groups -OCH3 is 1. The minimum Gasteiger partial charge on any atom is -0.497 e. The highest BCUT2D eigenvalue weighted by atomic mass is 32.1. The molecule has 0 spiro atoms. The minimum absolute atomic E-state index is 0.107. The van der Waals surface area contributed by atoms with Gasteiger partial charge in [0.25, 0.3) is 0 Å². The number of ether oxygens (including phenoxy) is 1. The molecule has 2 saturated heterocycles. The zero-order valence-corrected chi connectivity index (χ0v) is 21.4. The van der Waals surface area contributed by atoms with E-state index in [0.717, 1.165) is 72.5 Å². The van der Waals surface area contributed by atoms with Crippen molar-refractivity contribution < 1.29 is 9.53 Å². The second-order valence-electron chi connectivity index (χ2n) is 9.63. The summed E-state index contributed by atoms with van der Waals surface area (Å²) in [5, 5.41) is 8.93. The summed E-state index contributed by atoms with van der Waals surface area (Å²) in [6.07, 6.45) is 10.1. The number of anilines is 1. The topological polar surface area (TPSA) is 75.0 Å². The zero-order chi connectivity index (χ0) is 24.0. The maximum Gasteiger partial charge on any atom is 0.223 e. The Labute approximate surface area is 211 Å². The third kappa shape index (κ3) is 5.95. The van der Waals surface area contributed by atoms with Gasteiger partial charge in [-0.15, -0.1) is 5.10 Å². The average Bonchev–Trinajstić information content (AvgIpc) is 3.37. The molecule has 8 nitrogen and oxygen atoms in total. The fourth-order valence-corrected chi connectivity index (χ4v) is 6.00. The number of carbonyl (C=O) groups excluding carboxylic acids is 1. The number of nitrogens with one attached hydrogen (secondary N) is 1. The van der Waals surface area contributed by atoms with Crippen LogP contribution in [0.5, 0.6) is 5.75 Å². The van der Waals surface area contributed by atoms with Gasteiger partial charge in [0.1, 0.15) is 5.75 Å². The van der Waals surface area contributed by atoms with Gasteiger partial charge in [-0.2, -0.15) is 0 Å². The van der Waals surface area contributed by atoms with Crippen LogP contribution < -0.4 is 15.0 Å². The number of nitrogens with zero attached hydrogens (tertiary/aromatic N) is 5. The molecule has 3 aromatic rings. The quantitative estimate of drug-likeness (QED) is 0.474. The lowest BCUT2D eigenvalue weighted by Gasteiger charge is -2.30. The summed E-state index contributed by atoms with van der Waals surface area (Å²) in [5.41, 5.74) is 1.95. The molecule has 0 radical (unpaired) electrons. The molecule has 0 atom stereocenters. The Morgan fingerprint density at radius 3 is 2.51 bits per heavy atom. The SMILES string of the molecule is COc1ccc(-c2cn3nc(N4CCC(C(=O)NCCCN5CCCCCC5)CC4)sc3n2)cc1. The number of piperidine rings is 1. The average molecular weight is 497 g/mol. The first-order valence-corrected chi connectivity index (χ1v) is 13.8. The summed E-state index contributed by atoms with van der Waals surface area (Å²) in [4.78, 5) is 23.2. The van der Waals surface area contributed by atoms with Crippen LogP contribution in [-0.4, -0.2) is 71.8 Å². The standard InChI is InChI=1S/C26H36N6O2S/c1-34-22-9-7-20(8-10-22)23-19-32-25(28-23)35-26(29-32)31-17-11-21(12-18-31)24(33)27-13-6-16-30-14-4-2-3-5-15-30/h7-10,19,21H,2-6,11-18H2,1H3,(H,27,33). The van der Waals surface area contributed by atoms with E-state index < -0.39 is 0 Å². The van der Waals surface area contributed by atoms with E-state index in [0.29, 0.717) is 0 Å². The van der Waals surface area contributed by atoms with Gasteiger partial charge in [0.15, 0.2) is 0 Å². The van der Waals surface area contributed by atoms with Crippen molar-refractivity contribution in [2.45, 2.75) is 44.9 Å². The van der Waals surface area contributed by atoms with Gasteiger partial charge in [0, 0.05) is 31.1 Å². The molecule has 2 aliphatic rings. The normalized spacial score (nSPS) is 18.0. The Balaban J connectivity index is 1.08. The maximum atomic E-state index is 12.7. The first-order valence-electron chi connectivity index (χ1n) is 13.0. The second-order valence-corrected chi connectivity index (χ2v) is 10.6. The summed E-state index contributed by atoms with van der Waals surface area (Å²) in [5.74, 6) is 1.16. The molecule has 0 saturated carbocycles. The Hall–Kier alpha value is -2.65. The lowest BCUT2D eigenvalue weighted by molar-refractivity contribution is -0.125. The first kappa shape index (κ1) is 24.1. The maximum absolute atomic E-state index is 12.7.